The van der Waals surface area contributed by atoms with Crippen molar-refractivity contribution >= 4 is 5.78 Å². The fourth-order valence-corrected chi connectivity index (χ4v) is 2.03. The molecule has 0 N–H and O–H groups in total. The number of carbonyl (C=O) groups excluding carboxylic acids is 1. The predicted octanol–water partition coefficient (Wildman–Crippen LogP) is 3.23. The molecule has 0 atom stereocenters. The lowest BCUT2D eigenvalue weighted by Crippen LogP contribution is -2.05. The summed E-state index contributed by atoms with van der Waals surface area (Å²) in [4.78, 5) is 24.0. The van der Waals surface area contributed by atoms with Crippen LogP contribution in [0.15, 0.2) is 61.3 Å². The summed E-state index contributed by atoms with van der Waals surface area (Å²) in [6, 6.07) is 9.18. The first-order chi connectivity index (χ1) is 11.2. The quantitative estimate of drug-likeness (QED) is 0.677. The summed E-state index contributed by atoms with van der Waals surface area (Å²) in [5.41, 5.74) is 0.850. The largest absolute Gasteiger partial charge is 0.454 e. The molecule has 0 spiro atoms. The van der Waals surface area contributed by atoms with Gasteiger partial charge in [-0.2, -0.15) is 0 Å². The predicted molar refractivity (Wildman–Crippen MR) is 80.8 cm³/mol. The lowest BCUT2D eigenvalue weighted by molar-refractivity contribution is 0.0991. The van der Waals surface area contributed by atoms with Gasteiger partial charge in [0.25, 0.3) is 0 Å². The van der Waals surface area contributed by atoms with E-state index in [9.17, 15) is 9.18 Å². The average molecular weight is 309 g/mol. The van der Waals surface area contributed by atoms with Crippen LogP contribution in [0, 0.1) is 5.82 Å². The Bertz CT molecular complexity index is 811. The molecule has 3 aromatic rings. The molecular formula is C17H12FN3O2. The van der Waals surface area contributed by atoms with E-state index in [-0.39, 0.29) is 23.5 Å². The van der Waals surface area contributed by atoms with Crippen molar-refractivity contribution in [2.45, 2.75) is 6.42 Å². The number of pyridine rings is 1. The maximum atomic E-state index is 13.8. The number of hydrogen-bond acceptors (Lipinski definition) is 5. The standard InChI is InChI=1S/C17H12FN3O2/c18-13-5-12(17(22)8-14-3-1-2-4-21-14)6-15(7-13)23-16-9-19-11-20-10-16/h1-7,9-11H,8H2. The average Bonchev–Trinajstić information content (AvgIpc) is 2.56. The molecule has 2 aromatic heterocycles. The molecule has 0 amide bonds. The molecule has 0 fully saturated rings. The van der Waals surface area contributed by atoms with Gasteiger partial charge in [-0.3, -0.25) is 9.78 Å². The minimum atomic E-state index is -0.552. The lowest BCUT2D eigenvalue weighted by Gasteiger charge is -2.07. The highest BCUT2D eigenvalue weighted by atomic mass is 19.1. The van der Waals surface area contributed by atoms with Gasteiger partial charge in [0.05, 0.1) is 18.8 Å². The minimum Gasteiger partial charge on any atom is -0.454 e. The molecule has 6 heteroatoms. The van der Waals surface area contributed by atoms with Crippen molar-refractivity contribution in [1.82, 2.24) is 15.0 Å². The maximum Gasteiger partial charge on any atom is 0.169 e. The van der Waals surface area contributed by atoms with Gasteiger partial charge < -0.3 is 4.74 Å². The number of nitrogens with zero attached hydrogens (tertiary/aromatic N) is 3. The number of halogens is 1. The van der Waals surface area contributed by atoms with Gasteiger partial charge in [-0.15, -0.1) is 0 Å². The van der Waals surface area contributed by atoms with Gasteiger partial charge in [0, 0.05) is 23.5 Å². The number of ether oxygens (including phenoxy) is 1. The maximum absolute atomic E-state index is 13.8. The van der Waals surface area contributed by atoms with Crippen molar-refractivity contribution < 1.29 is 13.9 Å². The van der Waals surface area contributed by atoms with Gasteiger partial charge in [0.15, 0.2) is 11.5 Å². The van der Waals surface area contributed by atoms with Crippen LogP contribution in [0.2, 0.25) is 0 Å². The monoisotopic (exact) mass is 309 g/mol. The van der Waals surface area contributed by atoms with E-state index in [2.05, 4.69) is 15.0 Å². The Balaban J connectivity index is 1.81. The Morgan fingerprint density at radius 3 is 2.65 bits per heavy atom. The zero-order valence-electron chi connectivity index (χ0n) is 12.0. The Morgan fingerprint density at radius 1 is 1.09 bits per heavy atom. The van der Waals surface area contributed by atoms with E-state index in [1.807, 2.05) is 0 Å². The van der Waals surface area contributed by atoms with E-state index in [4.69, 9.17) is 4.74 Å². The Morgan fingerprint density at radius 2 is 1.91 bits per heavy atom. The molecule has 0 saturated carbocycles. The molecule has 1 aromatic carbocycles. The van der Waals surface area contributed by atoms with Crippen LogP contribution in [0.3, 0.4) is 0 Å². The molecule has 3 rings (SSSR count). The van der Waals surface area contributed by atoms with Crippen LogP contribution in [0.4, 0.5) is 4.39 Å². The second kappa shape index (κ2) is 6.74. The number of hydrogen-bond donors (Lipinski definition) is 0. The number of rotatable bonds is 5. The van der Waals surface area contributed by atoms with Crippen LogP contribution in [0.25, 0.3) is 0 Å². The van der Waals surface area contributed by atoms with Gasteiger partial charge in [-0.05, 0) is 24.3 Å². The van der Waals surface area contributed by atoms with E-state index >= 15 is 0 Å². The third-order valence-electron chi connectivity index (χ3n) is 3.03. The topological polar surface area (TPSA) is 65.0 Å². The third kappa shape index (κ3) is 3.94. The molecule has 0 saturated heterocycles. The minimum absolute atomic E-state index is 0.0954. The van der Waals surface area contributed by atoms with Crippen LogP contribution in [0.1, 0.15) is 16.1 Å². The number of benzene rings is 1. The molecular weight excluding hydrogens is 297 g/mol. The fraction of sp³-hybridized carbons (Fsp3) is 0.0588. The number of ketones is 1. The van der Waals surface area contributed by atoms with Crippen molar-refractivity contribution in [2.24, 2.45) is 0 Å². The Kier molecular flexibility index (Phi) is 4.33. The van der Waals surface area contributed by atoms with Crippen molar-refractivity contribution in [3.63, 3.8) is 0 Å². The van der Waals surface area contributed by atoms with Crippen LogP contribution in [-0.2, 0) is 6.42 Å². The van der Waals surface area contributed by atoms with Gasteiger partial charge in [0.1, 0.15) is 17.9 Å². The Labute approximate surface area is 131 Å². The van der Waals surface area contributed by atoms with E-state index in [1.54, 1.807) is 24.4 Å². The Hall–Kier alpha value is -3.15. The van der Waals surface area contributed by atoms with Crippen LogP contribution < -0.4 is 4.74 Å². The van der Waals surface area contributed by atoms with Gasteiger partial charge >= 0.3 is 0 Å². The van der Waals surface area contributed by atoms with Crippen LogP contribution >= 0.6 is 0 Å². The molecule has 2 heterocycles. The van der Waals surface area contributed by atoms with Crippen molar-refractivity contribution in [3.8, 4) is 11.5 Å². The van der Waals surface area contributed by atoms with Crippen LogP contribution in [-0.4, -0.2) is 20.7 Å². The third-order valence-corrected chi connectivity index (χ3v) is 3.03. The summed E-state index contributed by atoms with van der Waals surface area (Å²) < 4.78 is 19.2. The van der Waals surface area contributed by atoms with Gasteiger partial charge in [0.2, 0.25) is 0 Å². The first-order valence-corrected chi connectivity index (χ1v) is 6.87. The summed E-state index contributed by atoms with van der Waals surface area (Å²) >= 11 is 0. The summed E-state index contributed by atoms with van der Waals surface area (Å²) in [6.45, 7) is 0. The van der Waals surface area contributed by atoms with Gasteiger partial charge in [-0.1, -0.05) is 6.07 Å². The highest BCUT2D eigenvalue weighted by Crippen LogP contribution is 2.23. The van der Waals surface area contributed by atoms with E-state index < -0.39 is 5.82 Å². The highest BCUT2D eigenvalue weighted by molar-refractivity contribution is 5.97. The van der Waals surface area contributed by atoms with E-state index in [0.29, 0.717) is 11.4 Å². The normalized spacial score (nSPS) is 10.3. The van der Waals surface area contributed by atoms with Crippen molar-refractivity contribution in [1.29, 1.82) is 0 Å². The first-order valence-electron chi connectivity index (χ1n) is 6.87. The van der Waals surface area contributed by atoms with E-state index in [1.165, 1.54) is 36.9 Å². The number of carbonyl (C=O) groups is 1. The van der Waals surface area contributed by atoms with Crippen LogP contribution in [0.5, 0.6) is 11.5 Å². The summed E-state index contributed by atoms with van der Waals surface area (Å²) in [5, 5.41) is 0. The van der Waals surface area contributed by atoms with Gasteiger partial charge in [-0.25, -0.2) is 14.4 Å². The second-order valence-electron chi connectivity index (χ2n) is 4.77. The zero-order valence-corrected chi connectivity index (χ0v) is 12.0. The molecule has 0 aliphatic heterocycles. The molecule has 5 nitrogen and oxygen atoms in total. The molecule has 23 heavy (non-hydrogen) atoms. The summed E-state index contributed by atoms with van der Waals surface area (Å²) in [6.07, 6.45) is 5.97. The fourth-order valence-electron chi connectivity index (χ4n) is 2.03. The number of aromatic nitrogens is 3. The zero-order chi connectivity index (χ0) is 16.1. The number of Topliss-reactive ketones (excluding diaryl/α,β-unsaturated/α-hetero) is 1. The SMILES string of the molecule is O=C(Cc1ccccn1)c1cc(F)cc(Oc2cncnc2)c1. The molecule has 0 bridgehead atoms. The first kappa shape index (κ1) is 14.8. The molecule has 0 unspecified atom stereocenters. The van der Waals surface area contributed by atoms with E-state index in [0.717, 1.165) is 0 Å². The van der Waals surface area contributed by atoms with Crippen molar-refractivity contribution in [2.75, 3.05) is 0 Å². The molecule has 0 aliphatic rings. The smallest absolute Gasteiger partial charge is 0.169 e. The highest BCUT2D eigenvalue weighted by Gasteiger charge is 2.12. The molecule has 114 valence electrons. The molecule has 0 radical (unpaired) electrons. The van der Waals surface area contributed by atoms with Crippen molar-refractivity contribution in [3.05, 3.63) is 78.4 Å². The second-order valence-corrected chi connectivity index (χ2v) is 4.77. The molecule has 0 aliphatic carbocycles. The summed E-state index contributed by atoms with van der Waals surface area (Å²) in [5.74, 6) is -0.216. The summed E-state index contributed by atoms with van der Waals surface area (Å²) in [7, 11) is 0. The lowest BCUT2D eigenvalue weighted by atomic mass is 10.1.